The Labute approximate surface area is 233 Å². The lowest BCUT2D eigenvalue weighted by Gasteiger charge is -2.33. The molecule has 0 saturated carbocycles. The molecule has 40 heavy (non-hydrogen) atoms. The number of ether oxygens (including phenoxy) is 3. The zero-order valence-corrected chi connectivity index (χ0v) is 23.4. The van der Waals surface area contributed by atoms with Crippen molar-refractivity contribution in [3.8, 4) is 22.9 Å². The second kappa shape index (κ2) is 13.0. The Morgan fingerprint density at radius 3 is 2.52 bits per heavy atom. The maximum Gasteiger partial charge on any atom is 0.345 e. The molecule has 0 saturated heterocycles. The van der Waals surface area contributed by atoms with E-state index >= 15 is 0 Å². The summed E-state index contributed by atoms with van der Waals surface area (Å²) in [4.78, 5) is 30.8. The first-order chi connectivity index (χ1) is 19.3. The van der Waals surface area contributed by atoms with Crippen LogP contribution in [0.5, 0.6) is 11.5 Å². The summed E-state index contributed by atoms with van der Waals surface area (Å²) in [6.07, 6.45) is 1.20. The number of aromatic hydroxyl groups is 1. The lowest BCUT2D eigenvalue weighted by molar-refractivity contribution is 0.0690. The van der Waals surface area contributed by atoms with Gasteiger partial charge >= 0.3 is 5.97 Å². The van der Waals surface area contributed by atoms with Crippen LogP contribution in [0.3, 0.4) is 0 Å². The molecule has 0 fully saturated rings. The van der Waals surface area contributed by atoms with Gasteiger partial charge in [-0.1, -0.05) is 44.2 Å². The summed E-state index contributed by atoms with van der Waals surface area (Å²) in [5.74, 6) is -1.12. The summed E-state index contributed by atoms with van der Waals surface area (Å²) in [6, 6.07) is 11.3. The second-order valence-electron chi connectivity index (χ2n) is 10.2. The van der Waals surface area contributed by atoms with Crippen molar-refractivity contribution >= 4 is 11.8 Å². The van der Waals surface area contributed by atoms with Crippen LogP contribution in [0.15, 0.2) is 41.2 Å². The highest BCUT2D eigenvalue weighted by molar-refractivity contribution is 5.92. The normalized spacial score (nSPS) is 14.1. The molecule has 0 bridgehead atoms. The molecule has 2 aromatic heterocycles. The van der Waals surface area contributed by atoms with Crippen LogP contribution in [-0.4, -0.2) is 66.3 Å². The molecule has 1 aliphatic carbocycles. The Morgan fingerprint density at radius 1 is 1.15 bits per heavy atom. The number of methoxy groups -OCH3 is 2. The fourth-order valence-corrected chi connectivity index (χ4v) is 5.14. The van der Waals surface area contributed by atoms with Crippen molar-refractivity contribution in [2.75, 3.05) is 45.9 Å². The largest absolute Gasteiger partial charge is 0.506 e. The number of rotatable bonds is 13. The fraction of sp³-hybridized carbons (Fsp3) is 0.433. The number of fused-ring (bicyclic) bond motifs is 3. The molecule has 10 nitrogen and oxygen atoms in total. The molecule has 0 aliphatic heterocycles. The number of hydrogen-bond acceptors (Lipinski definition) is 8. The molecular formula is C30H37N3O7. The van der Waals surface area contributed by atoms with Gasteiger partial charge in [-0.2, -0.15) is 0 Å². The molecule has 1 aromatic carbocycles. The Morgan fingerprint density at radius 2 is 1.88 bits per heavy atom. The maximum atomic E-state index is 13.7. The summed E-state index contributed by atoms with van der Waals surface area (Å²) in [6.45, 7) is 6.05. The van der Waals surface area contributed by atoms with Crippen LogP contribution in [0.2, 0.25) is 0 Å². The summed E-state index contributed by atoms with van der Waals surface area (Å²) < 4.78 is 17.9. The molecule has 0 spiro atoms. The summed E-state index contributed by atoms with van der Waals surface area (Å²) in [7, 11) is 3.25. The molecule has 10 heteroatoms. The molecule has 3 N–H and O–H groups in total. The molecule has 1 atom stereocenters. The molecule has 214 valence electrons. The fourth-order valence-electron chi connectivity index (χ4n) is 5.14. The Hall–Kier alpha value is -3.89. The zero-order valence-electron chi connectivity index (χ0n) is 23.4. The minimum absolute atomic E-state index is 0.0349. The first-order valence-corrected chi connectivity index (χ1v) is 13.4. The highest BCUT2D eigenvalue weighted by Crippen LogP contribution is 2.48. The minimum Gasteiger partial charge on any atom is -0.506 e. The monoisotopic (exact) mass is 551 g/mol. The van der Waals surface area contributed by atoms with Gasteiger partial charge in [-0.05, 0) is 35.4 Å². The van der Waals surface area contributed by atoms with Gasteiger partial charge in [-0.3, -0.25) is 4.79 Å². The average Bonchev–Trinajstić information content (AvgIpc) is 2.93. The van der Waals surface area contributed by atoms with E-state index < -0.39 is 22.8 Å². The number of benzene rings is 1. The maximum absolute atomic E-state index is 13.7. The number of pyridine rings is 2. The van der Waals surface area contributed by atoms with Gasteiger partial charge in [0.1, 0.15) is 5.75 Å². The Balaban J connectivity index is 1.98. The van der Waals surface area contributed by atoms with Crippen molar-refractivity contribution in [1.29, 1.82) is 0 Å². The average molecular weight is 552 g/mol. The number of nitrogens with one attached hydrogen (secondary N) is 1. The van der Waals surface area contributed by atoms with Crippen LogP contribution in [-0.2, 0) is 22.4 Å². The van der Waals surface area contributed by atoms with E-state index in [0.29, 0.717) is 67.7 Å². The van der Waals surface area contributed by atoms with E-state index in [1.165, 1.54) is 4.57 Å². The van der Waals surface area contributed by atoms with Crippen LogP contribution < -0.4 is 15.6 Å². The summed E-state index contributed by atoms with van der Waals surface area (Å²) in [5, 5.41) is 24.5. The van der Waals surface area contributed by atoms with Crippen LogP contribution in [0, 0.1) is 5.92 Å². The van der Waals surface area contributed by atoms with Gasteiger partial charge in [-0.25, -0.2) is 9.78 Å². The SMILES string of the molecule is COCCCOc1cc2c(nc1NCCOC)-c1c(c(O)c(C(=O)O)c(=O)n1Cc1ccccc1)C(C(C)C)C2. The van der Waals surface area contributed by atoms with Gasteiger partial charge in [0.15, 0.2) is 17.1 Å². The van der Waals surface area contributed by atoms with Gasteiger partial charge in [0.05, 0.1) is 31.1 Å². The number of anilines is 1. The Bertz CT molecular complexity index is 1400. The first-order valence-electron chi connectivity index (χ1n) is 13.4. The second-order valence-corrected chi connectivity index (χ2v) is 10.2. The zero-order chi connectivity index (χ0) is 28.8. The molecule has 1 unspecified atom stereocenters. The molecule has 0 amide bonds. The van der Waals surface area contributed by atoms with Crippen LogP contribution in [0.25, 0.3) is 11.4 Å². The third-order valence-electron chi connectivity index (χ3n) is 7.13. The van der Waals surface area contributed by atoms with Crippen molar-refractivity contribution in [1.82, 2.24) is 9.55 Å². The highest BCUT2D eigenvalue weighted by atomic mass is 16.5. The lowest BCUT2D eigenvalue weighted by Crippen LogP contribution is -2.33. The first kappa shape index (κ1) is 29.1. The van der Waals surface area contributed by atoms with Gasteiger partial charge < -0.3 is 34.3 Å². The van der Waals surface area contributed by atoms with E-state index in [4.69, 9.17) is 19.2 Å². The smallest absolute Gasteiger partial charge is 0.345 e. The quantitative estimate of drug-likeness (QED) is 0.268. The van der Waals surface area contributed by atoms with Crippen molar-refractivity contribution in [2.45, 2.75) is 39.2 Å². The Kier molecular flexibility index (Phi) is 9.44. The number of nitrogens with zero attached hydrogens (tertiary/aromatic N) is 2. The minimum atomic E-state index is -1.46. The van der Waals surface area contributed by atoms with Crippen LogP contribution >= 0.6 is 0 Å². The topological polar surface area (TPSA) is 132 Å². The van der Waals surface area contributed by atoms with Gasteiger partial charge in [0.2, 0.25) is 0 Å². The molecule has 0 radical (unpaired) electrons. The number of carbonyl (C=O) groups is 1. The predicted octanol–water partition coefficient (Wildman–Crippen LogP) is 4.13. The van der Waals surface area contributed by atoms with Crippen molar-refractivity contribution < 1.29 is 29.2 Å². The third kappa shape index (κ3) is 5.97. The van der Waals surface area contributed by atoms with Crippen LogP contribution in [0.1, 0.15) is 53.2 Å². The van der Waals surface area contributed by atoms with Gasteiger partial charge in [0, 0.05) is 39.4 Å². The van der Waals surface area contributed by atoms with E-state index in [0.717, 1.165) is 11.1 Å². The summed E-state index contributed by atoms with van der Waals surface area (Å²) >= 11 is 0. The third-order valence-corrected chi connectivity index (χ3v) is 7.13. The van der Waals surface area contributed by atoms with Crippen molar-refractivity contribution in [3.63, 3.8) is 0 Å². The van der Waals surface area contributed by atoms with Crippen molar-refractivity contribution in [3.05, 3.63) is 69.0 Å². The highest BCUT2D eigenvalue weighted by Gasteiger charge is 2.37. The van der Waals surface area contributed by atoms with E-state index in [1.54, 1.807) is 14.2 Å². The van der Waals surface area contributed by atoms with E-state index in [2.05, 4.69) is 5.32 Å². The lowest BCUT2D eigenvalue weighted by atomic mass is 9.76. The molecule has 4 rings (SSSR count). The molecular weight excluding hydrogens is 514 g/mol. The van der Waals surface area contributed by atoms with E-state index in [9.17, 15) is 19.8 Å². The number of carboxylic acid groups (broad SMARTS) is 1. The number of hydrogen-bond donors (Lipinski definition) is 3. The summed E-state index contributed by atoms with van der Waals surface area (Å²) in [5.41, 5.74) is 1.64. The molecule has 2 heterocycles. The molecule has 1 aliphatic rings. The number of carboxylic acids is 1. The van der Waals surface area contributed by atoms with Crippen molar-refractivity contribution in [2.24, 2.45) is 5.92 Å². The standard InChI is InChI=1S/C30H37N3O7/c1-18(2)21-15-20-16-22(40-13-8-12-38-3)28(31-11-14-39-4)32-25(20)26-23(21)27(34)24(30(36)37)29(35)33(26)17-19-9-6-5-7-10-19/h5-7,9-10,16,18,21,34H,8,11-15,17H2,1-4H3,(H,31,32)(H,36,37). The predicted molar refractivity (Wildman–Crippen MR) is 152 cm³/mol. The van der Waals surface area contributed by atoms with Gasteiger partial charge in [-0.15, -0.1) is 0 Å². The number of aromatic carboxylic acids is 1. The van der Waals surface area contributed by atoms with E-state index in [-0.39, 0.29) is 18.4 Å². The van der Waals surface area contributed by atoms with E-state index in [1.807, 2.05) is 50.2 Å². The van der Waals surface area contributed by atoms with Gasteiger partial charge in [0.25, 0.3) is 5.56 Å². The number of aromatic nitrogens is 2. The van der Waals surface area contributed by atoms with Crippen LogP contribution in [0.4, 0.5) is 5.82 Å². The molecule has 3 aromatic rings.